The lowest BCUT2D eigenvalue weighted by molar-refractivity contribution is -0.384. The third-order valence-corrected chi connectivity index (χ3v) is 2.07. The quantitative estimate of drug-likeness (QED) is 0.583. The van der Waals surface area contributed by atoms with Gasteiger partial charge in [0.15, 0.2) is 0 Å². The molecule has 82 valence electrons. The lowest BCUT2D eigenvalue weighted by Gasteiger charge is -1.94. The molecule has 2 aromatic rings. The Bertz CT molecular complexity index is 522. The van der Waals surface area contributed by atoms with E-state index in [2.05, 4.69) is 10.2 Å². The first-order valence-electron chi connectivity index (χ1n) is 4.78. The van der Waals surface area contributed by atoms with Gasteiger partial charge in [0.2, 0.25) is 11.8 Å². The van der Waals surface area contributed by atoms with Crippen molar-refractivity contribution in [2.75, 3.05) is 0 Å². The molecule has 0 atom stereocenters. The third-order valence-electron chi connectivity index (χ3n) is 2.07. The lowest BCUT2D eigenvalue weighted by atomic mass is 10.2. The minimum absolute atomic E-state index is 0.00810. The van der Waals surface area contributed by atoms with Crippen molar-refractivity contribution < 1.29 is 9.34 Å². The molecule has 0 unspecified atom stereocenters. The van der Waals surface area contributed by atoms with E-state index in [9.17, 15) is 10.1 Å². The number of hydrogen-bond acceptors (Lipinski definition) is 5. The molecule has 0 spiro atoms. The van der Waals surface area contributed by atoms with Gasteiger partial charge in [-0.3, -0.25) is 10.1 Å². The van der Waals surface area contributed by atoms with Gasteiger partial charge in [-0.15, -0.1) is 10.2 Å². The average Bonchev–Trinajstić information content (AvgIpc) is 2.77. The van der Waals surface area contributed by atoms with Gasteiger partial charge in [-0.25, -0.2) is 0 Å². The maximum atomic E-state index is 10.6. The average molecular weight is 219 g/mol. The summed E-state index contributed by atoms with van der Waals surface area (Å²) in [6, 6.07) is 6.11. The number of nitro groups is 1. The second kappa shape index (κ2) is 4.09. The number of nitrogens with zero attached hydrogens (tertiary/aromatic N) is 3. The van der Waals surface area contributed by atoms with Crippen molar-refractivity contribution in [3.63, 3.8) is 0 Å². The van der Waals surface area contributed by atoms with Crippen molar-refractivity contribution in [3.05, 3.63) is 40.3 Å². The standard InChI is InChI=1S/C10H9N3O3/c1-2-9-11-12-10(16-9)7-4-3-5-8(6-7)13(14)15/h3-6H,2H2,1H3. The van der Waals surface area contributed by atoms with Gasteiger partial charge in [0.25, 0.3) is 5.69 Å². The maximum absolute atomic E-state index is 10.6. The largest absolute Gasteiger partial charge is 0.421 e. The second-order valence-electron chi connectivity index (χ2n) is 3.16. The summed E-state index contributed by atoms with van der Waals surface area (Å²) in [6.07, 6.45) is 0.641. The van der Waals surface area contributed by atoms with E-state index in [4.69, 9.17) is 4.42 Å². The summed E-state index contributed by atoms with van der Waals surface area (Å²) in [5, 5.41) is 18.2. The van der Waals surface area contributed by atoms with Crippen molar-refractivity contribution in [2.24, 2.45) is 0 Å². The van der Waals surface area contributed by atoms with E-state index in [-0.39, 0.29) is 5.69 Å². The molecular weight excluding hydrogens is 210 g/mol. The molecular formula is C10H9N3O3. The minimum atomic E-state index is -0.458. The zero-order valence-corrected chi connectivity index (χ0v) is 8.58. The first kappa shape index (κ1) is 10.3. The van der Waals surface area contributed by atoms with Crippen LogP contribution in [0, 0.1) is 10.1 Å². The molecule has 0 bridgehead atoms. The molecule has 0 saturated carbocycles. The van der Waals surface area contributed by atoms with E-state index in [0.29, 0.717) is 23.8 Å². The summed E-state index contributed by atoms with van der Waals surface area (Å²) in [6.45, 7) is 1.89. The van der Waals surface area contributed by atoms with Crippen LogP contribution >= 0.6 is 0 Å². The smallest absolute Gasteiger partial charge is 0.270 e. The predicted octanol–water partition coefficient (Wildman–Crippen LogP) is 2.21. The fourth-order valence-electron chi connectivity index (χ4n) is 1.27. The number of non-ortho nitro benzene ring substituents is 1. The number of rotatable bonds is 3. The molecule has 0 aliphatic heterocycles. The van der Waals surface area contributed by atoms with Gasteiger partial charge < -0.3 is 4.42 Å². The van der Waals surface area contributed by atoms with Crippen LogP contribution in [-0.4, -0.2) is 15.1 Å². The molecule has 16 heavy (non-hydrogen) atoms. The number of aromatic nitrogens is 2. The van der Waals surface area contributed by atoms with E-state index < -0.39 is 4.92 Å². The molecule has 1 aromatic heterocycles. The second-order valence-corrected chi connectivity index (χ2v) is 3.16. The Hall–Kier alpha value is -2.24. The molecule has 1 aromatic carbocycles. The molecule has 0 fully saturated rings. The van der Waals surface area contributed by atoms with E-state index in [1.165, 1.54) is 12.1 Å². The van der Waals surface area contributed by atoms with Crippen molar-refractivity contribution in [2.45, 2.75) is 13.3 Å². The van der Waals surface area contributed by atoms with Crippen LogP contribution in [0.15, 0.2) is 28.7 Å². The van der Waals surface area contributed by atoms with Crippen molar-refractivity contribution in [1.29, 1.82) is 0 Å². The first-order chi connectivity index (χ1) is 7.70. The Labute approximate surface area is 91.1 Å². The number of nitro benzene ring substituents is 1. The summed E-state index contributed by atoms with van der Waals surface area (Å²) >= 11 is 0. The highest BCUT2D eigenvalue weighted by Crippen LogP contribution is 2.22. The van der Waals surface area contributed by atoms with Crippen LogP contribution in [0.3, 0.4) is 0 Å². The van der Waals surface area contributed by atoms with E-state index in [0.717, 1.165) is 0 Å². The third kappa shape index (κ3) is 1.90. The van der Waals surface area contributed by atoms with Gasteiger partial charge in [0, 0.05) is 24.1 Å². The molecule has 0 amide bonds. The fraction of sp³-hybridized carbons (Fsp3) is 0.200. The van der Waals surface area contributed by atoms with Crippen molar-refractivity contribution >= 4 is 5.69 Å². The summed E-state index contributed by atoms with van der Waals surface area (Å²) in [5.41, 5.74) is 0.565. The van der Waals surface area contributed by atoms with E-state index in [1.54, 1.807) is 12.1 Å². The molecule has 1 heterocycles. The Morgan fingerprint density at radius 1 is 1.44 bits per heavy atom. The number of benzene rings is 1. The summed E-state index contributed by atoms with van der Waals surface area (Å²) in [7, 11) is 0. The lowest BCUT2D eigenvalue weighted by Crippen LogP contribution is -1.88. The van der Waals surface area contributed by atoms with Crippen LogP contribution in [0.1, 0.15) is 12.8 Å². The van der Waals surface area contributed by atoms with Crippen LogP contribution in [0.25, 0.3) is 11.5 Å². The zero-order valence-electron chi connectivity index (χ0n) is 8.58. The Kier molecular flexibility index (Phi) is 2.63. The van der Waals surface area contributed by atoms with Crippen LogP contribution < -0.4 is 0 Å². The topological polar surface area (TPSA) is 82.1 Å². The first-order valence-corrected chi connectivity index (χ1v) is 4.78. The van der Waals surface area contributed by atoms with Crippen LogP contribution in [-0.2, 0) is 6.42 Å². The normalized spacial score (nSPS) is 10.3. The van der Waals surface area contributed by atoms with Gasteiger partial charge in [0.05, 0.1) is 4.92 Å². The van der Waals surface area contributed by atoms with Crippen molar-refractivity contribution in [1.82, 2.24) is 10.2 Å². The summed E-state index contributed by atoms with van der Waals surface area (Å²) < 4.78 is 5.31. The van der Waals surface area contributed by atoms with Gasteiger partial charge >= 0.3 is 0 Å². The van der Waals surface area contributed by atoms with Gasteiger partial charge in [-0.05, 0) is 6.07 Å². The van der Waals surface area contributed by atoms with E-state index in [1.807, 2.05) is 6.92 Å². The predicted molar refractivity (Wildman–Crippen MR) is 55.8 cm³/mol. The zero-order chi connectivity index (χ0) is 11.5. The fourth-order valence-corrected chi connectivity index (χ4v) is 1.27. The highest BCUT2D eigenvalue weighted by atomic mass is 16.6. The molecule has 6 heteroatoms. The molecule has 6 nitrogen and oxygen atoms in total. The summed E-state index contributed by atoms with van der Waals surface area (Å²) in [5.74, 6) is 0.821. The Morgan fingerprint density at radius 3 is 2.88 bits per heavy atom. The van der Waals surface area contributed by atoms with E-state index >= 15 is 0 Å². The maximum Gasteiger partial charge on any atom is 0.270 e. The van der Waals surface area contributed by atoms with Crippen LogP contribution in [0.5, 0.6) is 0 Å². The molecule has 0 aliphatic carbocycles. The highest BCUT2D eigenvalue weighted by molar-refractivity contribution is 5.57. The number of aryl methyl sites for hydroxylation is 1. The molecule has 0 aliphatic rings. The summed E-state index contributed by atoms with van der Waals surface area (Å²) in [4.78, 5) is 10.1. The van der Waals surface area contributed by atoms with Gasteiger partial charge in [0.1, 0.15) is 0 Å². The molecule has 0 N–H and O–H groups in total. The van der Waals surface area contributed by atoms with Crippen molar-refractivity contribution in [3.8, 4) is 11.5 Å². The molecule has 0 radical (unpaired) electrons. The van der Waals surface area contributed by atoms with Crippen LogP contribution in [0.4, 0.5) is 5.69 Å². The number of hydrogen-bond donors (Lipinski definition) is 0. The van der Waals surface area contributed by atoms with Crippen LogP contribution in [0.2, 0.25) is 0 Å². The minimum Gasteiger partial charge on any atom is -0.421 e. The molecule has 2 rings (SSSR count). The van der Waals surface area contributed by atoms with Gasteiger partial charge in [-0.1, -0.05) is 13.0 Å². The monoisotopic (exact) mass is 219 g/mol. The molecule has 0 saturated heterocycles. The van der Waals surface area contributed by atoms with Gasteiger partial charge in [-0.2, -0.15) is 0 Å². The Balaban J connectivity index is 2.40. The Morgan fingerprint density at radius 2 is 2.25 bits per heavy atom. The highest BCUT2D eigenvalue weighted by Gasteiger charge is 2.11. The SMILES string of the molecule is CCc1nnc(-c2cccc([N+](=O)[O-])c2)o1.